The maximum atomic E-state index is 11.4. The zero-order valence-electron chi connectivity index (χ0n) is 10.6. The standard InChI is InChI=1S/C15H13NO3S/c17-15(18)14-11-3-1-2-4-12(11)19-13(14)8-16-7-10-5-6-20-9-10/h1-6,9,16H,7-8H2,(H,17,18). The van der Waals surface area contributed by atoms with Gasteiger partial charge in [-0.3, -0.25) is 0 Å². The first-order chi connectivity index (χ1) is 9.75. The summed E-state index contributed by atoms with van der Waals surface area (Å²) < 4.78 is 5.64. The Morgan fingerprint density at radius 3 is 2.85 bits per heavy atom. The Hall–Kier alpha value is -2.11. The number of carboxylic acids is 1. The molecule has 0 aliphatic carbocycles. The molecule has 0 bridgehead atoms. The number of para-hydroxylation sites is 1. The summed E-state index contributed by atoms with van der Waals surface area (Å²) in [7, 11) is 0. The topological polar surface area (TPSA) is 62.5 Å². The molecule has 3 rings (SSSR count). The molecule has 0 amide bonds. The van der Waals surface area contributed by atoms with Gasteiger partial charge in [0.15, 0.2) is 0 Å². The van der Waals surface area contributed by atoms with Gasteiger partial charge in [0, 0.05) is 11.9 Å². The van der Waals surface area contributed by atoms with Crippen LogP contribution in [-0.4, -0.2) is 11.1 Å². The fourth-order valence-electron chi connectivity index (χ4n) is 2.17. The zero-order chi connectivity index (χ0) is 13.9. The molecule has 0 aliphatic heterocycles. The smallest absolute Gasteiger partial charge is 0.339 e. The van der Waals surface area contributed by atoms with Crippen molar-refractivity contribution < 1.29 is 14.3 Å². The van der Waals surface area contributed by atoms with Crippen LogP contribution in [0, 0.1) is 0 Å². The van der Waals surface area contributed by atoms with E-state index in [1.54, 1.807) is 23.5 Å². The van der Waals surface area contributed by atoms with Crippen LogP contribution in [0.3, 0.4) is 0 Å². The van der Waals surface area contributed by atoms with Crippen LogP contribution in [-0.2, 0) is 13.1 Å². The third kappa shape index (κ3) is 2.45. The molecule has 0 saturated heterocycles. The van der Waals surface area contributed by atoms with Gasteiger partial charge in [0.25, 0.3) is 0 Å². The number of nitrogens with one attached hydrogen (secondary N) is 1. The van der Waals surface area contributed by atoms with Crippen molar-refractivity contribution in [3.05, 3.63) is 58.0 Å². The predicted molar refractivity (Wildman–Crippen MR) is 78.0 cm³/mol. The fraction of sp³-hybridized carbons (Fsp3) is 0.133. The molecule has 0 spiro atoms. The number of fused-ring (bicyclic) bond motifs is 1. The lowest BCUT2D eigenvalue weighted by Gasteiger charge is -2.01. The molecule has 5 heteroatoms. The number of hydrogen-bond donors (Lipinski definition) is 2. The first-order valence-electron chi connectivity index (χ1n) is 6.21. The molecule has 2 N–H and O–H groups in total. The highest BCUT2D eigenvalue weighted by molar-refractivity contribution is 7.07. The van der Waals surface area contributed by atoms with E-state index < -0.39 is 5.97 Å². The number of benzene rings is 1. The van der Waals surface area contributed by atoms with Crippen LogP contribution in [0.1, 0.15) is 21.7 Å². The first kappa shape index (κ1) is 12.9. The maximum Gasteiger partial charge on any atom is 0.339 e. The number of carboxylic acid groups (broad SMARTS) is 1. The van der Waals surface area contributed by atoms with E-state index in [2.05, 4.69) is 10.7 Å². The second-order valence-electron chi connectivity index (χ2n) is 4.44. The Kier molecular flexibility index (Phi) is 3.54. The number of furan rings is 1. The van der Waals surface area contributed by atoms with Crippen molar-refractivity contribution in [2.45, 2.75) is 13.1 Å². The van der Waals surface area contributed by atoms with Gasteiger partial charge in [0.2, 0.25) is 0 Å². The monoisotopic (exact) mass is 287 g/mol. The van der Waals surface area contributed by atoms with Crippen molar-refractivity contribution >= 4 is 28.3 Å². The summed E-state index contributed by atoms with van der Waals surface area (Å²) >= 11 is 1.64. The van der Waals surface area contributed by atoms with Crippen molar-refractivity contribution in [1.82, 2.24) is 5.32 Å². The number of rotatable bonds is 5. The molecule has 102 valence electrons. The van der Waals surface area contributed by atoms with Gasteiger partial charge >= 0.3 is 5.97 Å². The van der Waals surface area contributed by atoms with Gasteiger partial charge in [-0.1, -0.05) is 18.2 Å². The third-order valence-corrected chi connectivity index (χ3v) is 3.81. The highest BCUT2D eigenvalue weighted by Crippen LogP contribution is 2.25. The van der Waals surface area contributed by atoms with E-state index in [9.17, 15) is 9.90 Å². The van der Waals surface area contributed by atoms with E-state index in [1.807, 2.05) is 23.6 Å². The molecular formula is C15H13NO3S. The van der Waals surface area contributed by atoms with Crippen molar-refractivity contribution in [3.63, 3.8) is 0 Å². The average molecular weight is 287 g/mol. The maximum absolute atomic E-state index is 11.4. The van der Waals surface area contributed by atoms with Gasteiger partial charge in [0.05, 0.1) is 6.54 Å². The Morgan fingerprint density at radius 1 is 1.25 bits per heavy atom. The largest absolute Gasteiger partial charge is 0.478 e. The Morgan fingerprint density at radius 2 is 2.10 bits per heavy atom. The van der Waals surface area contributed by atoms with Gasteiger partial charge < -0.3 is 14.8 Å². The molecule has 3 aromatic rings. The van der Waals surface area contributed by atoms with Crippen LogP contribution in [0.4, 0.5) is 0 Å². The number of carbonyl (C=O) groups is 1. The quantitative estimate of drug-likeness (QED) is 0.754. The van der Waals surface area contributed by atoms with Crippen molar-refractivity contribution in [3.8, 4) is 0 Å². The zero-order valence-corrected chi connectivity index (χ0v) is 11.4. The molecule has 0 radical (unpaired) electrons. The van der Waals surface area contributed by atoms with Crippen LogP contribution in [0.2, 0.25) is 0 Å². The summed E-state index contributed by atoms with van der Waals surface area (Å²) in [5.74, 6) is -0.490. The lowest BCUT2D eigenvalue weighted by molar-refractivity contribution is 0.0696. The van der Waals surface area contributed by atoms with Crippen LogP contribution in [0.5, 0.6) is 0 Å². The minimum absolute atomic E-state index is 0.249. The number of aromatic carboxylic acids is 1. The summed E-state index contributed by atoms with van der Waals surface area (Å²) in [4.78, 5) is 11.4. The van der Waals surface area contributed by atoms with Gasteiger partial charge in [-0.25, -0.2) is 4.79 Å². The van der Waals surface area contributed by atoms with E-state index in [4.69, 9.17) is 4.42 Å². The molecule has 20 heavy (non-hydrogen) atoms. The molecule has 2 aromatic heterocycles. The minimum Gasteiger partial charge on any atom is -0.478 e. The normalized spacial score (nSPS) is 11.0. The first-order valence-corrected chi connectivity index (χ1v) is 7.15. The lowest BCUT2D eigenvalue weighted by Crippen LogP contribution is -2.14. The molecule has 0 aliphatic rings. The summed E-state index contributed by atoms with van der Waals surface area (Å²) in [5, 5.41) is 17.3. The van der Waals surface area contributed by atoms with Gasteiger partial charge in [-0.05, 0) is 28.5 Å². The van der Waals surface area contributed by atoms with Crippen molar-refractivity contribution in [2.24, 2.45) is 0 Å². The Bertz CT molecular complexity index is 731. The third-order valence-electron chi connectivity index (χ3n) is 3.08. The van der Waals surface area contributed by atoms with E-state index in [0.717, 1.165) is 0 Å². The Labute approximate surface area is 119 Å². The molecular weight excluding hydrogens is 274 g/mol. The molecule has 4 nitrogen and oxygen atoms in total. The van der Waals surface area contributed by atoms with Gasteiger partial charge in [0.1, 0.15) is 16.9 Å². The van der Waals surface area contributed by atoms with Crippen LogP contribution in [0.25, 0.3) is 11.0 Å². The number of thiophene rings is 1. The van der Waals surface area contributed by atoms with E-state index >= 15 is 0 Å². The van der Waals surface area contributed by atoms with Crippen LogP contribution >= 0.6 is 11.3 Å². The minimum atomic E-state index is -0.956. The summed E-state index contributed by atoms with van der Waals surface area (Å²) in [6, 6.07) is 9.23. The molecule has 1 aromatic carbocycles. The van der Waals surface area contributed by atoms with Gasteiger partial charge in [-0.2, -0.15) is 11.3 Å². The average Bonchev–Trinajstić information content (AvgIpc) is 3.05. The van der Waals surface area contributed by atoms with Crippen LogP contribution < -0.4 is 5.32 Å². The van der Waals surface area contributed by atoms with E-state index in [0.29, 0.717) is 29.8 Å². The van der Waals surface area contributed by atoms with Crippen molar-refractivity contribution in [2.75, 3.05) is 0 Å². The van der Waals surface area contributed by atoms with Crippen LogP contribution in [0.15, 0.2) is 45.5 Å². The molecule has 2 heterocycles. The molecule has 0 fully saturated rings. The lowest BCUT2D eigenvalue weighted by atomic mass is 10.1. The molecule has 0 saturated carbocycles. The molecule has 0 unspecified atom stereocenters. The molecule has 0 atom stereocenters. The predicted octanol–water partition coefficient (Wildman–Crippen LogP) is 3.48. The van der Waals surface area contributed by atoms with E-state index in [-0.39, 0.29) is 5.56 Å². The van der Waals surface area contributed by atoms with Crippen molar-refractivity contribution in [1.29, 1.82) is 0 Å². The summed E-state index contributed by atoms with van der Waals surface area (Å²) in [6.45, 7) is 1.09. The second-order valence-corrected chi connectivity index (χ2v) is 5.22. The summed E-state index contributed by atoms with van der Waals surface area (Å²) in [5.41, 5.74) is 2.04. The highest BCUT2D eigenvalue weighted by Gasteiger charge is 2.19. The van der Waals surface area contributed by atoms with E-state index in [1.165, 1.54) is 5.56 Å². The fourth-order valence-corrected chi connectivity index (χ4v) is 2.84. The number of hydrogen-bond acceptors (Lipinski definition) is 4. The Balaban J connectivity index is 1.83. The SMILES string of the molecule is O=C(O)c1c(CNCc2ccsc2)oc2ccccc12. The summed E-state index contributed by atoms with van der Waals surface area (Å²) in [6.07, 6.45) is 0. The highest BCUT2D eigenvalue weighted by atomic mass is 32.1. The second kappa shape index (κ2) is 5.48. The van der Waals surface area contributed by atoms with Gasteiger partial charge in [-0.15, -0.1) is 0 Å².